The minimum absolute atomic E-state index is 0.252. The van der Waals surface area contributed by atoms with E-state index in [1.54, 1.807) is 42.5 Å². The molecule has 0 spiro atoms. The van der Waals surface area contributed by atoms with Crippen LogP contribution in [0.2, 0.25) is 0 Å². The molecule has 2 aromatic carbocycles. The Labute approximate surface area is 140 Å². The summed E-state index contributed by atoms with van der Waals surface area (Å²) >= 11 is 0. The molecule has 2 amide bonds. The van der Waals surface area contributed by atoms with Gasteiger partial charge in [0.25, 0.3) is 11.8 Å². The summed E-state index contributed by atoms with van der Waals surface area (Å²) in [5.74, 6) is 0.101. The number of hydrogen-bond acceptors (Lipinski definition) is 4. The molecule has 6 nitrogen and oxygen atoms in total. The number of primary amides is 1. The Morgan fingerprint density at radius 2 is 1.67 bits per heavy atom. The second kappa shape index (κ2) is 8.01. The first-order chi connectivity index (χ1) is 11.6. The zero-order valence-corrected chi connectivity index (χ0v) is 13.7. The van der Waals surface area contributed by atoms with Crippen molar-refractivity contribution in [1.29, 1.82) is 0 Å². The first-order valence-electron chi connectivity index (χ1n) is 7.66. The Kier molecular flexibility index (Phi) is 5.78. The third-order valence-corrected chi connectivity index (χ3v) is 3.25. The number of nitrogens with one attached hydrogen (secondary N) is 1. The maximum atomic E-state index is 12.5. The van der Waals surface area contributed by atoms with Crippen LogP contribution in [-0.4, -0.2) is 25.0 Å². The molecule has 2 rings (SSSR count). The lowest BCUT2D eigenvalue weighted by Gasteiger charge is -2.13. The summed E-state index contributed by atoms with van der Waals surface area (Å²) in [6.45, 7) is 4.68. The van der Waals surface area contributed by atoms with Crippen molar-refractivity contribution in [1.82, 2.24) is 0 Å². The van der Waals surface area contributed by atoms with Crippen molar-refractivity contribution in [2.24, 2.45) is 5.73 Å². The number of carbonyl (C=O) groups is 2. The first-order valence-corrected chi connectivity index (χ1v) is 7.66. The van der Waals surface area contributed by atoms with E-state index in [0.717, 1.165) is 0 Å². The van der Waals surface area contributed by atoms with Crippen LogP contribution in [0.25, 0.3) is 0 Å². The maximum absolute atomic E-state index is 12.5. The number of para-hydroxylation sites is 1. The number of carbonyl (C=O) groups excluding carboxylic acids is 2. The lowest BCUT2D eigenvalue weighted by molar-refractivity contribution is 0.100. The van der Waals surface area contributed by atoms with Crippen molar-refractivity contribution in [3.8, 4) is 11.5 Å². The maximum Gasteiger partial charge on any atom is 0.255 e. The van der Waals surface area contributed by atoms with E-state index in [-0.39, 0.29) is 11.5 Å². The summed E-state index contributed by atoms with van der Waals surface area (Å²) in [6, 6.07) is 11.5. The van der Waals surface area contributed by atoms with E-state index in [4.69, 9.17) is 15.2 Å². The van der Waals surface area contributed by atoms with Gasteiger partial charge in [-0.15, -0.1) is 0 Å². The molecule has 2 aromatic rings. The van der Waals surface area contributed by atoms with Gasteiger partial charge in [-0.2, -0.15) is 0 Å². The van der Waals surface area contributed by atoms with E-state index in [2.05, 4.69) is 5.32 Å². The fourth-order valence-electron chi connectivity index (χ4n) is 2.19. The molecule has 6 heteroatoms. The second-order valence-electron chi connectivity index (χ2n) is 4.89. The van der Waals surface area contributed by atoms with Crippen molar-refractivity contribution < 1.29 is 19.1 Å². The van der Waals surface area contributed by atoms with E-state index in [0.29, 0.717) is 36.0 Å². The Bertz CT molecular complexity index is 744. The standard InChI is InChI=1S/C18H20N2O4/c1-3-23-15-10-9-12(11-16(15)24-4-2)18(22)20-14-8-6-5-7-13(14)17(19)21/h5-11H,3-4H2,1-2H3,(H2,19,21)(H,20,22). The Morgan fingerprint density at radius 3 is 2.33 bits per heavy atom. The van der Waals surface area contributed by atoms with Gasteiger partial charge in [-0.1, -0.05) is 12.1 Å². The molecule has 0 radical (unpaired) electrons. The van der Waals surface area contributed by atoms with Gasteiger partial charge >= 0.3 is 0 Å². The molecule has 0 unspecified atom stereocenters. The number of rotatable bonds is 7. The molecule has 3 N–H and O–H groups in total. The Balaban J connectivity index is 2.27. The number of benzene rings is 2. The van der Waals surface area contributed by atoms with Gasteiger partial charge in [-0.05, 0) is 44.2 Å². The molecule has 0 aliphatic heterocycles. The minimum atomic E-state index is -0.604. The molecular weight excluding hydrogens is 308 g/mol. The van der Waals surface area contributed by atoms with Crippen LogP contribution in [-0.2, 0) is 0 Å². The average molecular weight is 328 g/mol. The number of anilines is 1. The fourth-order valence-corrected chi connectivity index (χ4v) is 2.19. The van der Waals surface area contributed by atoms with Crippen LogP contribution in [0.1, 0.15) is 34.6 Å². The zero-order valence-electron chi connectivity index (χ0n) is 13.7. The SMILES string of the molecule is CCOc1ccc(C(=O)Nc2ccccc2C(N)=O)cc1OCC. The lowest BCUT2D eigenvalue weighted by Crippen LogP contribution is -2.18. The molecule has 126 valence electrons. The molecule has 0 bridgehead atoms. The van der Waals surface area contributed by atoms with Gasteiger partial charge in [-0.25, -0.2) is 0 Å². The molecule has 0 aliphatic rings. The highest BCUT2D eigenvalue weighted by molar-refractivity contribution is 6.08. The summed E-state index contributed by atoms with van der Waals surface area (Å²) in [4.78, 5) is 23.9. The number of amides is 2. The third-order valence-electron chi connectivity index (χ3n) is 3.25. The second-order valence-corrected chi connectivity index (χ2v) is 4.89. The fraction of sp³-hybridized carbons (Fsp3) is 0.222. The highest BCUT2D eigenvalue weighted by Crippen LogP contribution is 2.29. The largest absolute Gasteiger partial charge is 0.490 e. The van der Waals surface area contributed by atoms with E-state index in [1.807, 2.05) is 13.8 Å². The summed E-state index contributed by atoms with van der Waals surface area (Å²) < 4.78 is 11.0. The highest BCUT2D eigenvalue weighted by Gasteiger charge is 2.14. The molecule has 24 heavy (non-hydrogen) atoms. The average Bonchev–Trinajstić information content (AvgIpc) is 2.57. The molecule has 0 aliphatic carbocycles. The predicted molar refractivity (Wildman–Crippen MR) is 91.7 cm³/mol. The molecule has 0 saturated carbocycles. The van der Waals surface area contributed by atoms with Crippen molar-refractivity contribution in [3.63, 3.8) is 0 Å². The first kappa shape index (κ1) is 17.3. The summed E-state index contributed by atoms with van der Waals surface area (Å²) in [7, 11) is 0. The number of nitrogens with two attached hydrogens (primary N) is 1. The number of ether oxygens (including phenoxy) is 2. The summed E-state index contributed by atoms with van der Waals surface area (Å²) in [5, 5.41) is 2.69. The van der Waals surface area contributed by atoms with Crippen molar-refractivity contribution in [3.05, 3.63) is 53.6 Å². The topological polar surface area (TPSA) is 90.6 Å². The van der Waals surface area contributed by atoms with Crippen LogP contribution in [0.15, 0.2) is 42.5 Å². The third kappa shape index (κ3) is 4.04. The lowest BCUT2D eigenvalue weighted by atomic mass is 10.1. The van der Waals surface area contributed by atoms with Crippen LogP contribution in [0.5, 0.6) is 11.5 Å². The van der Waals surface area contributed by atoms with Gasteiger partial charge in [-0.3, -0.25) is 9.59 Å². The quantitative estimate of drug-likeness (QED) is 0.817. The Hall–Kier alpha value is -3.02. The van der Waals surface area contributed by atoms with Crippen LogP contribution in [0.4, 0.5) is 5.69 Å². The van der Waals surface area contributed by atoms with Gasteiger partial charge in [0.15, 0.2) is 11.5 Å². The van der Waals surface area contributed by atoms with Gasteiger partial charge in [0.05, 0.1) is 24.5 Å². The van der Waals surface area contributed by atoms with Crippen LogP contribution in [0.3, 0.4) is 0 Å². The predicted octanol–water partition coefficient (Wildman–Crippen LogP) is 2.84. The monoisotopic (exact) mass is 328 g/mol. The normalized spacial score (nSPS) is 10.1. The molecule has 0 aromatic heterocycles. The molecule has 0 fully saturated rings. The van der Waals surface area contributed by atoms with Crippen LogP contribution < -0.4 is 20.5 Å². The van der Waals surface area contributed by atoms with Gasteiger partial charge in [0, 0.05) is 5.56 Å². The minimum Gasteiger partial charge on any atom is -0.490 e. The smallest absolute Gasteiger partial charge is 0.255 e. The molecule has 0 atom stereocenters. The molecular formula is C18H20N2O4. The van der Waals surface area contributed by atoms with Gasteiger partial charge in [0.2, 0.25) is 0 Å². The van der Waals surface area contributed by atoms with E-state index in [9.17, 15) is 9.59 Å². The molecule has 0 saturated heterocycles. The summed E-state index contributed by atoms with van der Waals surface area (Å²) in [6.07, 6.45) is 0. The van der Waals surface area contributed by atoms with Gasteiger partial charge < -0.3 is 20.5 Å². The Morgan fingerprint density at radius 1 is 1.00 bits per heavy atom. The summed E-state index contributed by atoms with van der Waals surface area (Å²) in [5.41, 5.74) is 6.32. The van der Waals surface area contributed by atoms with Crippen LogP contribution in [0, 0.1) is 0 Å². The van der Waals surface area contributed by atoms with Crippen LogP contribution >= 0.6 is 0 Å². The number of hydrogen-bond donors (Lipinski definition) is 2. The van der Waals surface area contributed by atoms with Crippen molar-refractivity contribution in [2.75, 3.05) is 18.5 Å². The highest BCUT2D eigenvalue weighted by atomic mass is 16.5. The van der Waals surface area contributed by atoms with Crippen molar-refractivity contribution in [2.45, 2.75) is 13.8 Å². The van der Waals surface area contributed by atoms with E-state index < -0.39 is 5.91 Å². The van der Waals surface area contributed by atoms with Gasteiger partial charge in [0.1, 0.15) is 0 Å². The zero-order chi connectivity index (χ0) is 17.5. The molecule has 0 heterocycles. The van der Waals surface area contributed by atoms with E-state index in [1.165, 1.54) is 0 Å². The van der Waals surface area contributed by atoms with E-state index >= 15 is 0 Å². The van der Waals surface area contributed by atoms with Crippen molar-refractivity contribution >= 4 is 17.5 Å².